The maximum Gasteiger partial charge on any atom is 0.261 e. The molecule has 2 heterocycles. The minimum absolute atomic E-state index is 0.0832. The Labute approximate surface area is 169 Å². The number of sulfone groups is 1. The van der Waals surface area contributed by atoms with Crippen molar-refractivity contribution in [3.05, 3.63) is 34.9 Å². The Morgan fingerprint density at radius 3 is 2.38 bits per heavy atom. The zero-order valence-electron chi connectivity index (χ0n) is 16.3. The zero-order valence-corrected chi connectivity index (χ0v) is 17.1. The summed E-state index contributed by atoms with van der Waals surface area (Å²) in [7, 11) is -3.10. The summed E-state index contributed by atoms with van der Waals surface area (Å²) in [4.78, 5) is 51.9. The molecule has 1 aromatic carbocycles. The summed E-state index contributed by atoms with van der Waals surface area (Å²) >= 11 is 0. The highest BCUT2D eigenvalue weighted by molar-refractivity contribution is 7.91. The van der Waals surface area contributed by atoms with Gasteiger partial charge in [-0.15, -0.1) is 0 Å². The number of nitrogens with one attached hydrogen (secondary N) is 1. The Balaban J connectivity index is 1.52. The number of rotatable bonds is 5. The van der Waals surface area contributed by atoms with E-state index in [0.29, 0.717) is 11.1 Å². The zero-order chi connectivity index (χ0) is 21.3. The van der Waals surface area contributed by atoms with Crippen molar-refractivity contribution in [2.45, 2.75) is 26.3 Å². The van der Waals surface area contributed by atoms with E-state index in [0.717, 1.165) is 10.5 Å². The number of carbonyl (C=O) groups excluding carboxylic acids is 4. The van der Waals surface area contributed by atoms with Gasteiger partial charge in [-0.05, 0) is 26.0 Å². The number of hydrogen-bond donors (Lipinski definition) is 1. The number of carbonyl (C=O) groups is 4. The predicted octanol–water partition coefficient (Wildman–Crippen LogP) is -0.257. The van der Waals surface area contributed by atoms with Gasteiger partial charge in [0.2, 0.25) is 11.8 Å². The Morgan fingerprint density at radius 2 is 1.72 bits per heavy atom. The molecular formula is C19H23N3O6S. The summed E-state index contributed by atoms with van der Waals surface area (Å²) in [5.74, 6) is -1.86. The maximum absolute atomic E-state index is 12.4. The maximum atomic E-state index is 12.4. The number of fused-ring (bicyclic) bond motifs is 1. The molecule has 3 rings (SSSR count). The molecule has 0 aromatic heterocycles. The standard InChI is InChI=1S/C19H23N3O6S/c1-12-3-4-14-15(11-12)19(26)22(18(14)25)6-5-16(23)20-13(2)17(24)21-7-9-29(27,28)10-8-21/h3-4,11,13H,5-10H2,1-2H3,(H,20,23). The summed E-state index contributed by atoms with van der Waals surface area (Å²) in [6.45, 7) is 3.48. The molecule has 1 aromatic rings. The molecule has 10 heteroatoms. The van der Waals surface area contributed by atoms with E-state index in [1.165, 1.54) is 11.8 Å². The van der Waals surface area contributed by atoms with Crippen LogP contribution in [0.25, 0.3) is 0 Å². The fourth-order valence-corrected chi connectivity index (χ4v) is 4.60. The van der Waals surface area contributed by atoms with Crippen molar-refractivity contribution in [2.75, 3.05) is 31.1 Å². The number of amides is 4. The van der Waals surface area contributed by atoms with Crippen LogP contribution in [-0.4, -0.2) is 79.0 Å². The van der Waals surface area contributed by atoms with Gasteiger partial charge in [-0.2, -0.15) is 0 Å². The van der Waals surface area contributed by atoms with Crippen LogP contribution in [0.4, 0.5) is 0 Å². The van der Waals surface area contributed by atoms with Gasteiger partial charge in [0.15, 0.2) is 9.84 Å². The van der Waals surface area contributed by atoms with Crippen molar-refractivity contribution in [1.29, 1.82) is 0 Å². The van der Waals surface area contributed by atoms with Crippen LogP contribution in [0.5, 0.6) is 0 Å². The van der Waals surface area contributed by atoms with Crippen LogP contribution in [0.2, 0.25) is 0 Å². The summed E-state index contributed by atoms with van der Waals surface area (Å²) in [5.41, 5.74) is 1.52. The van der Waals surface area contributed by atoms with Gasteiger partial charge < -0.3 is 10.2 Å². The summed E-state index contributed by atoms with van der Waals surface area (Å²) in [6.07, 6.45) is -0.129. The van der Waals surface area contributed by atoms with Gasteiger partial charge in [0, 0.05) is 26.1 Å². The first kappa shape index (κ1) is 21.0. The normalized spacial score (nSPS) is 19.1. The largest absolute Gasteiger partial charge is 0.345 e. The molecule has 2 aliphatic rings. The highest BCUT2D eigenvalue weighted by Crippen LogP contribution is 2.23. The average Bonchev–Trinajstić information content (AvgIpc) is 2.89. The van der Waals surface area contributed by atoms with Crippen molar-refractivity contribution in [1.82, 2.24) is 15.1 Å². The van der Waals surface area contributed by atoms with E-state index >= 15 is 0 Å². The van der Waals surface area contributed by atoms with Crippen LogP contribution in [0.3, 0.4) is 0 Å². The van der Waals surface area contributed by atoms with Crippen LogP contribution >= 0.6 is 0 Å². The Hall–Kier alpha value is -2.75. The lowest BCUT2D eigenvalue weighted by Crippen LogP contribution is -2.52. The van der Waals surface area contributed by atoms with Crippen LogP contribution < -0.4 is 5.32 Å². The summed E-state index contributed by atoms with van der Waals surface area (Å²) in [6, 6.07) is 4.17. The second-order valence-corrected chi connectivity index (χ2v) is 9.63. The van der Waals surface area contributed by atoms with E-state index in [9.17, 15) is 27.6 Å². The van der Waals surface area contributed by atoms with E-state index in [2.05, 4.69) is 5.32 Å². The number of nitrogens with zero attached hydrogens (tertiary/aromatic N) is 2. The minimum atomic E-state index is -3.10. The van der Waals surface area contributed by atoms with Crippen molar-refractivity contribution in [2.24, 2.45) is 0 Å². The predicted molar refractivity (Wildman–Crippen MR) is 104 cm³/mol. The molecule has 1 saturated heterocycles. The number of hydrogen-bond acceptors (Lipinski definition) is 6. The molecule has 1 atom stereocenters. The summed E-state index contributed by atoms with van der Waals surface area (Å²) in [5, 5.41) is 2.55. The van der Waals surface area contributed by atoms with E-state index in [1.54, 1.807) is 18.2 Å². The second-order valence-electron chi connectivity index (χ2n) is 7.33. The molecule has 4 amide bonds. The van der Waals surface area contributed by atoms with Gasteiger partial charge in [0.05, 0.1) is 22.6 Å². The number of imide groups is 1. The van der Waals surface area contributed by atoms with Crippen LogP contribution in [0, 0.1) is 6.92 Å². The highest BCUT2D eigenvalue weighted by Gasteiger charge is 2.35. The molecular weight excluding hydrogens is 398 g/mol. The van der Waals surface area contributed by atoms with Crippen molar-refractivity contribution in [3.63, 3.8) is 0 Å². The first-order valence-corrected chi connectivity index (χ1v) is 11.2. The molecule has 1 N–H and O–H groups in total. The van der Waals surface area contributed by atoms with Gasteiger partial charge in [0.1, 0.15) is 6.04 Å². The molecule has 1 unspecified atom stereocenters. The Kier molecular flexibility index (Phi) is 5.74. The van der Waals surface area contributed by atoms with Gasteiger partial charge in [0.25, 0.3) is 11.8 Å². The topological polar surface area (TPSA) is 121 Å². The monoisotopic (exact) mass is 421 g/mol. The SMILES string of the molecule is Cc1ccc2c(c1)C(=O)N(CCC(=O)NC(C)C(=O)N1CCS(=O)(=O)CC1)C2=O. The lowest BCUT2D eigenvalue weighted by Gasteiger charge is -2.29. The fraction of sp³-hybridized carbons (Fsp3) is 0.474. The van der Waals surface area contributed by atoms with E-state index < -0.39 is 33.6 Å². The molecule has 29 heavy (non-hydrogen) atoms. The minimum Gasteiger partial charge on any atom is -0.345 e. The molecule has 2 aliphatic heterocycles. The Morgan fingerprint density at radius 1 is 1.10 bits per heavy atom. The molecule has 0 radical (unpaired) electrons. The summed E-state index contributed by atoms with van der Waals surface area (Å²) < 4.78 is 22.9. The molecule has 0 aliphatic carbocycles. The third kappa shape index (κ3) is 4.47. The van der Waals surface area contributed by atoms with E-state index in [-0.39, 0.29) is 43.5 Å². The lowest BCUT2D eigenvalue weighted by atomic mass is 10.1. The van der Waals surface area contributed by atoms with Gasteiger partial charge in [-0.3, -0.25) is 24.1 Å². The van der Waals surface area contributed by atoms with Gasteiger partial charge in [-0.25, -0.2) is 8.42 Å². The number of aryl methyl sites for hydroxylation is 1. The van der Waals surface area contributed by atoms with Crippen LogP contribution in [0.15, 0.2) is 18.2 Å². The van der Waals surface area contributed by atoms with Crippen molar-refractivity contribution < 1.29 is 27.6 Å². The second kappa shape index (κ2) is 7.94. The fourth-order valence-electron chi connectivity index (χ4n) is 3.40. The molecule has 9 nitrogen and oxygen atoms in total. The van der Waals surface area contributed by atoms with Gasteiger partial charge in [-0.1, -0.05) is 11.6 Å². The molecule has 1 fully saturated rings. The third-order valence-electron chi connectivity index (χ3n) is 5.09. The van der Waals surface area contributed by atoms with Crippen LogP contribution in [-0.2, 0) is 19.4 Å². The lowest BCUT2D eigenvalue weighted by molar-refractivity contribution is -0.135. The van der Waals surface area contributed by atoms with E-state index in [1.807, 2.05) is 6.92 Å². The van der Waals surface area contributed by atoms with Crippen LogP contribution in [0.1, 0.15) is 39.6 Å². The first-order valence-electron chi connectivity index (χ1n) is 9.34. The van der Waals surface area contributed by atoms with Crippen molar-refractivity contribution >= 4 is 33.5 Å². The van der Waals surface area contributed by atoms with Crippen molar-refractivity contribution in [3.8, 4) is 0 Å². The molecule has 0 spiro atoms. The highest BCUT2D eigenvalue weighted by atomic mass is 32.2. The molecule has 0 saturated carbocycles. The Bertz CT molecular complexity index is 974. The first-order chi connectivity index (χ1) is 13.6. The average molecular weight is 421 g/mol. The molecule has 0 bridgehead atoms. The smallest absolute Gasteiger partial charge is 0.261 e. The quantitative estimate of drug-likeness (QED) is 0.654. The van der Waals surface area contributed by atoms with E-state index in [4.69, 9.17) is 0 Å². The third-order valence-corrected chi connectivity index (χ3v) is 6.70. The molecule has 156 valence electrons. The van der Waals surface area contributed by atoms with Gasteiger partial charge >= 0.3 is 0 Å². The number of benzene rings is 1.